The van der Waals surface area contributed by atoms with E-state index in [4.69, 9.17) is 30.5 Å². The summed E-state index contributed by atoms with van der Waals surface area (Å²) < 4.78 is 22.4. The Balaban J connectivity index is 1.65. The van der Waals surface area contributed by atoms with Gasteiger partial charge in [-0.25, -0.2) is 0 Å². The van der Waals surface area contributed by atoms with E-state index in [1.165, 1.54) is 4.80 Å². The minimum atomic E-state index is -0.318. The summed E-state index contributed by atoms with van der Waals surface area (Å²) in [6.07, 6.45) is 0. The molecule has 37 heavy (non-hydrogen) atoms. The van der Waals surface area contributed by atoms with Crippen LogP contribution in [0.3, 0.4) is 0 Å². The van der Waals surface area contributed by atoms with Crippen LogP contribution in [-0.2, 0) is 0 Å². The number of carbonyl (C=O) groups is 1. The van der Waals surface area contributed by atoms with Gasteiger partial charge in [0, 0.05) is 11.3 Å². The van der Waals surface area contributed by atoms with Crippen molar-refractivity contribution in [1.29, 1.82) is 0 Å². The van der Waals surface area contributed by atoms with Crippen LogP contribution in [0.4, 0.5) is 5.69 Å². The van der Waals surface area contributed by atoms with Gasteiger partial charge in [0.25, 0.3) is 5.91 Å². The van der Waals surface area contributed by atoms with Crippen molar-refractivity contribution in [3.05, 3.63) is 58.6 Å². The third-order valence-corrected chi connectivity index (χ3v) is 5.81. The summed E-state index contributed by atoms with van der Waals surface area (Å²) in [6, 6.07) is 12.3. The van der Waals surface area contributed by atoms with Crippen LogP contribution in [0.15, 0.2) is 42.5 Å². The molecular formula is C27H29ClN4O5. The molecule has 10 heteroatoms. The van der Waals surface area contributed by atoms with Gasteiger partial charge in [0.15, 0.2) is 11.5 Å². The summed E-state index contributed by atoms with van der Waals surface area (Å²) >= 11 is 6.27. The van der Waals surface area contributed by atoms with E-state index in [1.807, 2.05) is 39.8 Å². The molecule has 0 aliphatic rings. The number of anilines is 1. The topological polar surface area (TPSA) is 96.7 Å². The molecule has 9 nitrogen and oxygen atoms in total. The van der Waals surface area contributed by atoms with Gasteiger partial charge in [-0.2, -0.15) is 4.80 Å². The lowest BCUT2D eigenvalue weighted by molar-refractivity contribution is 0.102. The van der Waals surface area contributed by atoms with Crippen LogP contribution in [-0.4, -0.2) is 47.8 Å². The largest absolute Gasteiger partial charge is 0.495 e. The number of fused-ring (bicyclic) bond motifs is 1. The molecule has 194 valence electrons. The molecule has 0 saturated carbocycles. The summed E-state index contributed by atoms with van der Waals surface area (Å²) in [5, 5.41) is 12.6. The average Bonchev–Trinajstić information content (AvgIpc) is 3.28. The van der Waals surface area contributed by atoms with Crippen LogP contribution in [0.2, 0.25) is 5.02 Å². The van der Waals surface area contributed by atoms with E-state index in [0.717, 1.165) is 5.56 Å². The molecule has 0 aliphatic carbocycles. The van der Waals surface area contributed by atoms with Gasteiger partial charge in [-0.1, -0.05) is 11.6 Å². The number of methoxy groups -OCH3 is 1. The van der Waals surface area contributed by atoms with Crippen molar-refractivity contribution in [2.24, 2.45) is 0 Å². The second-order valence-corrected chi connectivity index (χ2v) is 8.43. The first-order valence-corrected chi connectivity index (χ1v) is 12.4. The number of halogens is 1. The maximum absolute atomic E-state index is 13.3. The van der Waals surface area contributed by atoms with Crippen LogP contribution >= 0.6 is 11.6 Å². The zero-order valence-corrected chi connectivity index (χ0v) is 22.2. The molecule has 0 saturated heterocycles. The standard InChI is InChI=1S/C27H29ClN4O5/c1-6-35-24-12-17(13-25(36-7-2)26(24)37-8-3)27(33)29-20-15-22-21(11-16(20)4)30-32(31-22)18-9-10-23(34-5)19(28)14-18/h9-15H,6-8H2,1-5H3,(H,29,33). The number of carbonyl (C=O) groups excluding carboxylic acids is 1. The maximum atomic E-state index is 13.3. The van der Waals surface area contributed by atoms with Gasteiger partial charge in [0.1, 0.15) is 16.8 Å². The highest BCUT2D eigenvalue weighted by Crippen LogP contribution is 2.39. The van der Waals surface area contributed by atoms with Gasteiger partial charge in [-0.05, 0) is 75.7 Å². The lowest BCUT2D eigenvalue weighted by Crippen LogP contribution is -2.14. The summed E-state index contributed by atoms with van der Waals surface area (Å²) in [7, 11) is 1.56. The Morgan fingerprint density at radius 3 is 2.08 bits per heavy atom. The first kappa shape index (κ1) is 26.1. The fourth-order valence-electron chi connectivity index (χ4n) is 3.81. The third kappa shape index (κ3) is 5.56. The second-order valence-electron chi connectivity index (χ2n) is 8.02. The molecule has 0 fully saturated rings. The summed E-state index contributed by atoms with van der Waals surface area (Å²) in [5.41, 5.74) is 3.81. The summed E-state index contributed by atoms with van der Waals surface area (Å²) in [4.78, 5) is 14.8. The van der Waals surface area contributed by atoms with Gasteiger partial charge >= 0.3 is 0 Å². The molecule has 1 heterocycles. The molecule has 0 bridgehead atoms. The van der Waals surface area contributed by atoms with Crippen LogP contribution in [0.5, 0.6) is 23.0 Å². The molecule has 4 rings (SSSR count). The van der Waals surface area contributed by atoms with Gasteiger partial charge in [-0.15, -0.1) is 10.2 Å². The number of aromatic nitrogens is 3. The van der Waals surface area contributed by atoms with Gasteiger partial charge in [0.2, 0.25) is 5.75 Å². The quantitative estimate of drug-likeness (QED) is 0.278. The molecule has 1 N–H and O–H groups in total. The molecular weight excluding hydrogens is 496 g/mol. The van der Waals surface area contributed by atoms with E-state index >= 15 is 0 Å². The third-order valence-electron chi connectivity index (χ3n) is 5.51. The van der Waals surface area contributed by atoms with Gasteiger partial charge in [-0.3, -0.25) is 4.79 Å². The SMILES string of the molecule is CCOc1cc(C(=O)Nc2cc3nn(-c4ccc(OC)c(Cl)c4)nc3cc2C)cc(OCC)c1OCC. The molecule has 1 amide bonds. The number of ether oxygens (including phenoxy) is 4. The van der Waals surface area contributed by atoms with Crippen molar-refractivity contribution in [2.75, 3.05) is 32.2 Å². The highest BCUT2D eigenvalue weighted by atomic mass is 35.5. The number of nitrogens with one attached hydrogen (secondary N) is 1. The van der Waals surface area contributed by atoms with E-state index in [9.17, 15) is 4.79 Å². The fourth-order valence-corrected chi connectivity index (χ4v) is 4.06. The monoisotopic (exact) mass is 524 g/mol. The Bertz CT molecular complexity index is 1410. The number of nitrogens with zero attached hydrogens (tertiary/aromatic N) is 3. The van der Waals surface area contributed by atoms with Gasteiger partial charge < -0.3 is 24.3 Å². The Labute approximate surface area is 220 Å². The second kappa shape index (κ2) is 11.4. The first-order chi connectivity index (χ1) is 17.9. The Hall–Kier alpha value is -3.98. The van der Waals surface area contributed by atoms with Crippen molar-refractivity contribution in [2.45, 2.75) is 27.7 Å². The van der Waals surface area contributed by atoms with E-state index in [1.54, 1.807) is 37.4 Å². The number of rotatable bonds is 10. The highest BCUT2D eigenvalue weighted by Gasteiger charge is 2.19. The van der Waals surface area contributed by atoms with Crippen LogP contribution in [0, 0.1) is 6.92 Å². The summed E-state index contributed by atoms with van der Waals surface area (Å²) in [6.45, 7) is 8.79. The van der Waals surface area contributed by atoms with E-state index < -0.39 is 0 Å². The predicted octanol–water partition coefficient (Wildman–Crippen LogP) is 5.84. The highest BCUT2D eigenvalue weighted by molar-refractivity contribution is 6.32. The molecule has 4 aromatic rings. The van der Waals surface area contributed by atoms with Crippen molar-refractivity contribution < 1.29 is 23.7 Å². The minimum absolute atomic E-state index is 0.318. The van der Waals surface area contributed by atoms with E-state index in [0.29, 0.717) is 75.8 Å². The first-order valence-electron chi connectivity index (χ1n) is 12.0. The Morgan fingerprint density at radius 2 is 1.51 bits per heavy atom. The smallest absolute Gasteiger partial charge is 0.255 e. The zero-order chi connectivity index (χ0) is 26.5. The lowest BCUT2D eigenvalue weighted by atomic mass is 10.1. The van der Waals surface area contributed by atoms with E-state index in [-0.39, 0.29) is 5.91 Å². The lowest BCUT2D eigenvalue weighted by Gasteiger charge is -2.17. The molecule has 0 unspecified atom stereocenters. The Kier molecular flexibility index (Phi) is 8.03. The summed E-state index contributed by atoms with van der Waals surface area (Å²) in [5.74, 6) is 1.64. The zero-order valence-electron chi connectivity index (χ0n) is 21.4. The normalized spacial score (nSPS) is 10.9. The number of hydrogen-bond donors (Lipinski definition) is 1. The van der Waals surface area contributed by atoms with Crippen LogP contribution in [0.1, 0.15) is 36.7 Å². The number of benzene rings is 3. The van der Waals surface area contributed by atoms with Crippen molar-refractivity contribution in [3.63, 3.8) is 0 Å². The minimum Gasteiger partial charge on any atom is -0.495 e. The fraction of sp³-hybridized carbons (Fsp3) is 0.296. The molecule has 0 spiro atoms. The van der Waals surface area contributed by atoms with Crippen LogP contribution in [0.25, 0.3) is 16.7 Å². The predicted molar refractivity (Wildman–Crippen MR) is 143 cm³/mol. The number of aryl methyl sites for hydroxylation is 1. The average molecular weight is 525 g/mol. The molecule has 3 aromatic carbocycles. The molecule has 1 aromatic heterocycles. The van der Waals surface area contributed by atoms with Crippen molar-refractivity contribution >= 4 is 34.2 Å². The van der Waals surface area contributed by atoms with Crippen molar-refractivity contribution in [1.82, 2.24) is 15.0 Å². The number of hydrogen-bond acceptors (Lipinski definition) is 7. The van der Waals surface area contributed by atoms with E-state index in [2.05, 4.69) is 15.5 Å². The Morgan fingerprint density at radius 1 is 0.892 bits per heavy atom. The van der Waals surface area contributed by atoms with Crippen molar-refractivity contribution in [3.8, 4) is 28.7 Å². The molecule has 0 radical (unpaired) electrons. The molecule has 0 atom stereocenters. The van der Waals surface area contributed by atoms with Gasteiger partial charge in [0.05, 0.1) is 37.6 Å². The van der Waals surface area contributed by atoms with Crippen LogP contribution < -0.4 is 24.3 Å². The molecule has 0 aliphatic heterocycles. The number of amides is 1. The maximum Gasteiger partial charge on any atom is 0.255 e.